The van der Waals surface area contributed by atoms with Crippen molar-refractivity contribution >= 4 is 11.8 Å². The molecule has 0 N–H and O–H groups in total. The summed E-state index contributed by atoms with van der Waals surface area (Å²) in [7, 11) is 0. The van der Waals surface area contributed by atoms with Crippen LogP contribution in [0.4, 0.5) is 0 Å². The van der Waals surface area contributed by atoms with E-state index >= 15 is 0 Å². The van der Waals surface area contributed by atoms with E-state index in [1.807, 2.05) is 12.1 Å². The summed E-state index contributed by atoms with van der Waals surface area (Å²) in [5.74, 6) is -0.230. The van der Waals surface area contributed by atoms with E-state index in [0.717, 1.165) is 32.5 Å². The van der Waals surface area contributed by atoms with E-state index in [-0.39, 0.29) is 17.9 Å². The van der Waals surface area contributed by atoms with Gasteiger partial charge in [-0.25, -0.2) is 0 Å². The Morgan fingerprint density at radius 3 is 2.05 bits per heavy atom. The summed E-state index contributed by atoms with van der Waals surface area (Å²) in [6.45, 7) is 5.11. The molecule has 0 saturated carbocycles. The van der Waals surface area contributed by atoms with Gasteiger partial charge in [0.25, 0.3) is 11.8 Å². The summed E-state index contributed by atoms with van der Waals surface area (Å²) >= 11 is 0. The van der Waals surface area contributed by atoms with E-state index in [0.29, 0.717) is 11.1 Å². The number of likely N-dealkylation sites (tertiary alicyclic amines) is 1. The fourth-order valence-corrected chi connectivity index (χ4v) is 3.03. The molecule has 2 heterocycles. The highest BCUT2D eigenvalue weighted by atomic mass is 16.2. The Morgan fingerprint density at radius 1 is 1.05 bits per heavy atom. The van der Waals surface area contributed by atoms with Crippen molar-refractivity contribution in [2.75, 3.05) is 19.6 Å². The van der Waals surface area contributed by atoms with Crippen LogP contribution in [0.2, 0.25) is 0 Å². The minimum atomic E-state index is -0.115. The molecule has 4 heteroatoms. The highest BCUT2D eigenvalue weighted by molar-refractivity contribution is 6.21. The molecule has 0 atom stereocenters. The number of benzene rings is 1. The zero-order valence-electron chi connectivity index (χ0n) is 11.1. The van der Waals surface area contributed by atoms with Crippen molar-refractivity contribution in [2.24, 2.45) is 0 Å². The van der Waals surface area contributed by atoms with Gasteiger partial charge in [0.2, 0.25) is 0 Å². The van der Waals surface area contributed by atoms with E-state index < -0.39 is 0 Å². The van der Waals surface area contributed by atoms with Crippen molar-refractivity contribution in [3.05, 3.63) is 35.4 Å². The van der Waals surface area contributed by atoms with Gasteiger partial charge in [0.1, 0.15) is 0 Å². The molecule has 0 spiro atoms. The maximum Gasteiger partial charge on any atom is 0.261 e. The zero-order chi connectivity index (χ0) is 13.4. The third-order valence-corrected chi connectivity index (χ3v) is 4.19. The van der Waals surface area contributed by atoms with Crippen molar-refractivity contribution in [3.63, 3.8) is 0 Å². The predicted octanol–water partition coefficient (Wildman–Crippen LogP) is 1.77. The van der Waals surface area contributed by atoms with Gasteiger partial charge in [0.05, 0.1) is 11.1 Å². The number of rotatable bonds is 2. The molecule has 0 aromatic heterocycles. The number of carbonyl (C=O) groups is 2. The number of imide groups is 1. The van der Waals surface area contributed by atoms with E-state index in [4.69, 9.17) is 0 Å². The van der Waals surface area contributed by atoms with E-state index in [9.17, 15) is 9.59 Å². The third-order valence-electron chi connectivity index (χ3n) is 4.19. The molecule has 0 bridgehead atoms. The van der Waals surface area contributed by atoms with E-state index in [1.54, 1.807) is 12.1 Å². The van der Waals surface area contributed by atoms with Crippen molar-refractivity contribution in [1.82, 2.24) is 9.80 Å². The van der Waals surface area contributed by atoms with Gasteiger partial charge in [-0.3, -0.25) is 14.5 Å². The lowest BCUT2D eigenvalue weighted by molar-refractivity contribution is 0.0506. The van der Waals surface area contributed by atoms with Gasteiger partial charge in [-0.1, -0.05) is 19.1 Å². The number of carbonyl (C=O) groups excluding carboxylic acids is 2. The Labute approximate surface area is 113 Å². The van der Waals surface area contributed by atoms with Crippen LogP contribution in [0.15, 0.2) is 24.3 Å². The van der Waals surface area contributed by atoms with Crippen LogP contribution in [0.3, 0.4) is 0 Å². The Kier molecular flexibility index (Phi) is 3.11. The molecule has 1 aromatic carbocycles. The highest BCUT2D eigenvalue weighted by Gasteiger charge is 2.40. The summed E-state index contributed by atoms with van der Waals surface area (Å²) < 4.78 is 0. The van der Waals surface area contributed by atoms with E-state index in [1.165, 1.54) is 4.90 Å². The fourth-order valence-electron chi connectivity index (χ4n) is 3.03. The second-order valence-corrected chi connectivity index (χ2v) is 5.19. The summed E-state index contributed by atoms with van der Waals surface area (Å²) in [5, 5.41) is 0. The molecule has 1 saturated heterocycles. The molecular formula is C15H18N2O2. The first kappa shape index (κ1) is 12.4. The average Bonchev–Trinajstić information content (AvgIpc) is 2.72. The molecule has 0 unspecified atom stereocenters. The first-order valence-corrected chi connectivity index (χ1v) is 6.91. The van der Waals surface area contributed by atoms with Gasteiger partial charge in [-0.15, -0.1) is 0 Å². The molecule has 0 radical (unpaired) electrons. The molecular weight excluding hydrogens is 240 g/mol. The van der Waals surface area contributed by atoms with Gasteiger partial charge in [-0.05, 0) is 31.5 Å². The lowest BCUT2D eigenvalue weighted by Gasteiger charge is -2.35. The summed E-state index contributed by atoms with van der Waals surface area (Å²) in [6.07, 6.45) is 1.78. The normalized spacial score (nSPS) is 21.0. The smallest absolute Gasteiger partial charge is 0.261 e. The van der Waals surface area contributed by atoms with E-state index in [2.05, 4.69) is 11.8 Å². The number of hydrogen-bond acceptors (Lipinski definition) is 3. The van der Waals surface area contributed by atoms with Crippen LogP contribution in [0.25, 0.3) is 0 Å². The van der Waals surface area contributed by atoms with Crippen LogP contribution in [0, 0.1) is 0 Å². The molecule has 2 aliphatic heterocycles. The second kappa shape index (κ2) is 4.78. The Bertz CT molecular complexity index is 484. The van der Waals surface area contributed by atoms with Crippen LogP contribution in [0.5, 0.6) is 0 Å². The maximum atomic E-state index is 12.3. The van der Waals surface area contributed by atoms with Crippen molar-refractivity contribution in [2.45, 2.75) is 25.8 Å². The number of hydrogen-bond donors (Lipinski definition) is 0. The van der Waals surface area contributed by atoms with Gasteiger partial charge in [0, 0.05) is 19.1 Å². The van der Waals surface area contributed by atoms with Crippen LogP contribution in [-0.2, 0) is 0 Å². The standard InChI is InChI=1S/C15H18N2O2/c1-2-16-9-7-11(8-10-16)17-14(18)12-5-3-4-6-13(12)15(17)19/h3-6,11H,2,7-10H2,1H3. The summed E-state index contributed by atoms with van der Waals surface area (Å²) in [6, 6.07) is 7.18. The number of piperidine rings is 1. The molecule has 19 heavy (non-hydrogen) atoms. The number of fused-ring (bicyclic) bond motifs is 1. The fraction of sp³-hybridized carbons (Fsp3) is 0.467. The largest absolute Gasteiger partial charge is 0.303 e. The van der Waals surface area contributed by atoms with Crippen molar-refractivity contribution < 1.29 is 9.59 Å². The average molecular weight is 258 g/mol. The lowest BCUT2D eigenvalue weighted by atomic mass is 10.0. The zero-order valence-corrected chi connectivity index (χ0v) is 11.1. The lowest BCUT2D eigenvalue weighted by Crippen LogP contribution is -2.47. The Morgan fingerprint density at radius 2 is 1.58 bits per heavy atom. The SMILES string of the molecule is CCN1CCC(N2C(=O)c3ccccc3C2=O)CC1. The van der Waals surface area contributed by atoms with Gasteiger partial charge >= 0.3 is 0 Å². The molecule has 4 nitrogen and oxygen atoms in total. The van der Waals surface area contributed by atoms with Gasteiger partial charge in [-0.2, -0.15) is 0 Å². The minimum Gasteiger partial charge on any atom is -0.303 e. The van der Waals surface area contributed by atoms with Crippen molar-refractivity contribution in [1.29, 1.82) is 0 Å². The first-order chi connectivity index (χ1) is 9.22. The molecule has 1 aromatic rings. The Hall–Kier alpha value is -1.68. The van der Waals surface area contributed by atoms with Crippen LogP contribution >= 0.6 is 0 Å². The van der Waals surface area contributed by atoms with Gasteiger partial charge in [0.15, 0.2) is 0 Å². The predicted molar refractivity (Wildman–Crippen MR) is 72.1 cm³/mol. The molecule has 2 aliphatic rings. The Balaban J connectivity index is 1.81. The molecule has 1 fully saturated rings. The highest BCUT2D eigenvalue weighted by Crippen LogP contribution is 2.28. The molecule has 3 rings (SSSR count). The third kappa shape index (κ3) is 1.96. The molecule has 100 valence electrons. The van der Waals surface area contributed by atoms with Crippen LogP contribution in [0.1, 0.15) is 40.5 Å². The van der Waals surface area contributed by atoms with Crippen molar-refractivity contribution in [3.8, 4) is 0 Å². The molecule has 0 aliphatic carbocycles. The minimum absolute atomic E-state index is 0.0650. The van der Waals surface area contributed by atoms with Crippen LogP contribution in [-0.4, -0.2) is 47.3 Å². The molecule has 2 amide bonds. The quantitative estimate of drug-likeness (QED) is 0.759. The van der Waals surface area contributed by atoms with Crippen LogP contribution < -0.4 is 0 Å². The summed E-state index contributed by atoms with van der Waals surface area (Å²) in [4.78, 5) is 28.5. The second-order valence-electron chi connectivity index (χ2n) is 5.19. The number of nitrogens with zero attached hydrogens (tertiary/aromatic N) is 2. The topological polar surface area (TPSA) is 40.6 Å². The first-order valence-electron chi connectivity index (χ1n) is 6.91. The van der Waals surface area contributed by atoms with Gasteiger partial charge < -0.3 is 4.90 Å². The summed E-state index contributed by atoms with van der Waals surface area (Å²) in [5.41, 5.74) is 1.12. The monoisotopic (exact) mass is 258 g/mol. The number of amides is 2. The maximum absolute atomic E-state index is 12.3.